The molecule has 54 heavy (non-hydrogen) atoms. The Morgan fingerprint density at radius 3 is 0.759 bits per heavy atom. The fourth-order valence-electron chi connectivity index (χ4n) is 6.55. The van der Waals surface area contributed by atoms with Crippen LogP contribution in [0.25, 0.3) is 0 Å². The smallest absolute Gasteiger partial charge is 0.161 e. The quantitative estimate of drug-likeness (QED) is 0.136. The van der Waals surface area contributed by atoms with Gasteiger partial charge in [-0.05, 0) is 0 Å². The first-order valence-electron chi connectivity index (χ1n) is 17.0. The van der Waals surface area contributed by atoms with Gasteiger partial charge in [0.1, 0.15) is 5.14 Å². The third-order valence-corrected chi connectivity index (χ3v) is 24.7. The van der Waals surface area contributed by atoms with Crippen LogP contribution in [0.1, 0.15) is 17.0 Å². The molecule has 1 aromatic heterocycles. The first-order valence-corrected chi connectivity index (χ1v) is 23.4. The number of nitrogens with zero attached hydrogens (tertiary/aromatic N) is 2. The monoisotopic (exact) mass is 887 g/mol. The first kappa shape index (κ1) is 43.4. The molecule has 0 amide bonds. The van der Waals surface area contributed by atoms with Gasteiger partial charge in [0.05, 0.1) is 0 Å². The molecule has 0 radical (unpaired) electrons. The minimum Gasteiger partial charge on any atom is -0.312 e. The van der Waals surface area contributed by atoms with Gasteiger partial charge in [0, 0.05) is 31.8 Å². The molecular formula is C43H42Cl2N2O3P3Zr. The molecule has 7 rings (SSSR count). The van der Waals surface area contributed by atoms with Crippen molar-refractivity contribution in [2.45, 2.75) is 25.9 Å². The topological polar surface area (TPSA) is 69.0 Å². The van der Waals surface area contributed by atoms with Crippen LogP contribution < -0.4 is 31.8 Å². The molecule has 0 atom stereocenters. The van der Waals surface area contributed by atoms with Gasteiger partial charge >= 0.3 is 70.5 Å². The van der Waals surface area contributed by atoms with Gasteiger partial charge in [-0.25, -0.2) is 0 Å². The van der Waals surface area contributed by atoms with Gasteiger partial charge in [-0.15, -0.1) is 24.8 Å². The molecule has 1 heterocycles. The van der Waals surface area contributed by atoms with E-state index in [1.165, 1.54) is 36.3 Å². The molecule has 0 unspecified atom stereocenters. The van der Waals surface area contributed by atoms with Gasteiger partial charge in [0.15, 0.2) is 21.4 Å². The van der Waals surface area contributed by atoms with E-state index in [9.17, 15) is 0 Å². The molecule has 0 saturated heterocycles. The molecule has 0 aliphatic heterocycles. The Bertz CT molecular complexity index is 2000. The number of hydrogen-bond donors (Lipinski definition) is 0. The van der Waals surface area contributed by atoms with Gasteiger partial charge in [-0.1, -0.05) is 182 Å². The summed E-state index contributed by atoms with van der Waals surface area (Å²) in [6, 6.07) is 55.2. The van der Waals surface area contributed by atoms with Crippen molar-refractivity contribution in [2.75, 3.05) is 0 Å². The van der Waals surface area contributed by atoms with E-state index in [1.54, 1.807) is 0 Å². The second-order valence-electron chi connectivity index (χ2n) is 12.5. The molecule has 0 aliphatic rings. The first-order chi connectivity index (χ1) is 25.1. The molecule has 0 spiro atoms. The van der Waals surface area contributed by atoms with Crippen molar-refractivity contribution in [3.63, 3.8) is 0 Å². The van der Waals surface area contributed by atoms with Crippen LogP contribution in [0.3, 0.4) is 0 Å². The van der Waals surface area contributed by atoms with Crippen molar-refractivity contribution in [3.05, 3.63) is 199 Å². The summed E-state index contributed by atoms with van der Waals surface area (Å²) in [4.78, 5) is 0. The molecule has 0 saturated carbocycles. The number of rotatable bonds is 9. The zero-order valence-corrected chi connectivity index (χ0v) is 36.9. The summed E-state index contributed by atoms with van der Waals surface area (Å²) >= 11 is 1.34. The fraction of sp³-hybridized carbons (Fsp3) is 0.0930. The summed E-state index contributed by atoms with van der Waals surface area (Å²) in [6.45, 7) is 6.26. The van der Waals surface area contributed by atoms with Crippen LogP contribution in [0.15, 0.2) is 182 Å². The second kappa shape index (κ2) is 19.0. The number of hydrogen-bond acceptors (Lipinski definition) is 4. The predicted octanol–water partition coefficient (Wildman–Crippen LogP) is 9.27. The molecule has 0 N–H and O–H groups in total. The van der Waals surface area contributed by atoms with Crippen molar-refractivity contribution >= 4 is 78.1 Å². The van der Waals surface area contributed by atoms with Crippen LogP contribution in [0.5, 0.6) is 0 Å². The Morgan fingerprint density at radius 2 is 0.630 bits per heavy atom. The van der Waals surface area contributed by atoms with Crippen molar-refractivity contribution in [1.29, 1.82) is 0 Å². The van der Waals surface area contributed by atoms with E-state index in [1.807, 2.05) is 192 Å². The number of aromatic nitrogens is 2. The normalized spacial score (nSPS) is 11.4. The Labute approximate surface area is 346 Å². The van der Waals surface area contributed by atoms with E-state index < -0.39 is 26.6 Å². The second-order valence-corrected chi connectivity index (χ2v) is 23.4. The van der Waals surface area contributed by atoms with E-state index >= 15 is 13.7 Å². The van der Waals surface area contributed by atoms with E-state index in [-0.39, 0.29) is 24.8 Å². The maximum absolute atomic E-state index is 16.6. The van der Waals surface area contributed by atoms with E-state index in [0.717, 1.165) is 5.69 Å². The minimum atomic E-state index is -3.97. The molecule has 11 heteroatoms. The maximum atomic E-state index is 16.6. The average molecular weight is 890 g/mol. The third-order valence-electron chi connectivity index (χ3n) is 9.47. The largest absolute Gasteiger partial charge is 0.312 e. The van der Waals surface area contributed by atoms with Gasteiger partial charge in [-0.2, -0.15) is 0 Å². The van der Waals surface area contributed by atoms with Crippen molar-refractivity contribution in [1.82, 2.24) is 7.72 Å². The van der Waals surface area contributed by atoms with Gasteiger partial charge in [-0.3, -0.25) is 0 Å². The summed E-state index contributed by atoms with van der Waals surface area (Å²) in [5.41, 5.74) is 3.78. The van der Waals surface area contributed by atoms with Crippen molar-refractivity contribution < 1.29 is 38.7 Å². The van der Waals surface area contributed by atoms with Gasteiger partial charge < -0.3 is 13.7 Å². The van der Waals surface area contributed by atoms with Crippen molar-refractivity contribution in [2.24, 2.45) is 0 Å². The van der Waals surface area contributed by atoms with E-state index in [4.69, 9.17) is 0 Å². The molecule has 7 aromatic rings. The maximum Gasteiger partial charge on any atom is 0.161 e. The van der Waals surface area contributed by atoms with Crippen LogP contribution in [0.4, 0.5) is 0 Å². The standard InChI is InChI=1S/C37H31O3P3.C6H9N2.2ClH.Zr/c38-41(31-19-7-1-8-20-31,32-21-9-2-10-22-32)37(42(39,33-23-11-3-12-24-33)34-25-13-4-14-26-34)43(40,35-27-15-5-16-28-35)36-29-17-6-18-30-36;1-4-5(2)7-8-6(4)3;;;/h1-30,37H;1-3H3;2*1H;/q;-1;;;+1. The van der Waals surface area contributed by atoms with Crippen LogP contribution in [0.2, 0.25) is 0 Å². The molecule has 0 aliphatic carbocycles. The molecule has 275 valence electrons. The van der Waals surface area contributed by atoms with Crippen LogP contribution in [-0.2, 0) is 38.7 Å². The summed E-state index contributed by atoms with van der Waals surface area (Å²) in [5, 5.41) is 6.07. The summed E-state index contributed by atoms with van der Waals surface area (Å²) < 4.78 is 51.7. The zero-order chi connectivity index (χ0) is 36.8. The molecular weight excluding hydrogens is 848 g/mol. The summed E-state index contributed by atoms with van der Waals surface area (Å²) in [7, 11) is -11.9. The Hall–Kier alpha value is -3.32. The van der Waals surface area contributed by atoms with Crippen LogP contribution in [0, 0.1) is 20.8 Å². The zero-order valence-electron chi connectivity index (χ0n) is 30.2. The third kappa shape index (κ3) is 8.42. The summed E-state index contributed by atoms with van der Waals surface area (Å²) in [5.74, 6) is 0. The van der Waals surface area contributed by atoms with Crippen molar-refractivity contribution in [3.8, 4) is 0 Å². The van der Waals surface area contributed by atoms with E-state index in [0.29, 0.717) is 31.8 Å². The SMILES string of the molecule is Cc1n[n]([Zr])c(C)c1C.Cl.Cl.O=P(c1ccccc1)(c1ccccc1)C(P(=O)(c1ccccc1)c1ccccc1)P(=O)(c1ccccc1)c1ccccc1. The van der Waals surface area contributed by atoms with Crippen LogP contribution >= 0.6 is 46.2 Å². The van der Waals surface area contributed by atoms with Gasteiger partial charge in [0.25, 0.3) is 0 Å². The Kier molecular flexibility index (Phi) is 15.3. The summed E-state index contributed by atoms with van der Waals surface area (Å²) in [6.07, 6.45) is 0. The molecule has 5 nitrogen and oxygen atoms in total. The molecule has 0 bridgehead atoms. The number of halogens is 2. The van der Waals surface area contributed by atoms with Gasteiger partial charge in [0.2, 0.25) is 0 Å². The average Bonchev–Trinajstić information content (AvgIpc) is 3.44. The minimum absolute atomic E-state index is 0. The molecule has 6 aromatic carbocycles. The number of benzene rings is 6. The molecule has 0 fully saturated rings. The van der Waals surface area contributed by atoms with Crippen LogP contribution in [-0.4, -0.2) is 12.9 Å². The Balaban J connectivity index is 0.000000520. The Morgan fingerprint density at radius 1 is 0.426 bits per heavy atom. The predicted molar refractivity (Wildman–Crippen MR) is 229 cm³/mol. The fourth-order valence-corrected chi connectivity index (χ4v) is 23.8. The number of aryl methyl sites for hydroxylation is 1. The van der Waals surface area contributed by atoms with E-state index in [2.05, 4.69) is 18.9 Å².